The Morgan fingerprint density at radius 1 is 0.633 bits per heavy atom. The van der Waals surface area contributed by atoms with E-state index in [9.17, 15) is 0 Å². The van der Waals surface area contributed by atoms with Gasteiger partial charge in [0.05, 0.1) is 24.4 Å². The van der Waals surface area contributed by atoms with E-state index in [1.807, 2.05) is 78.9 Å². The standard InChI is InChI=1S/C24H17N3O3/c1-28-20-14-8-7-13-19(20)24-27-26-23(30-24)18-12-6-5-11-17(18)22-25-15-21(29-22)16-9-3-2-4-10-16/h2-15H,1H3. The second kappa shape index (κ2) is 7.67. The third-order valence-electron chi connectivity index (χ3n) is 4.71. The molecule has 0 spiro atoms. The first kappa shape index (κ1) is 17.9. The predicted octanol–water partition coefficient (Wildman–Crippen LogP) is 5.73. The first-order valence-electron chi connectivity index (χ1n) is 9.41. The Labute approximate surface area is 172 Å². The Bertz CT molecular complexity index is 1290. The lowest BCUT2D eigenvalue weighted by Crippen LogP contribution is -1.87. The molecule has 0 aliphatic carbocycles. The fraction of sp³-hybridized carbons (Fsp3) is 0.0417. The van der Waals surface area contributed by atoms with Crippen molar-refractivity contribution in [1.29, 1.82) is 0 Å². The summed E-state index contributed by atoms with van der Waals surface area (Å²) in [7, 11) is 1.61. The van der Waals surface area contributed by atoms with Gasteiger partial charge in [-0.2, -0.15) is 0 Å². The second-order valence-electron chi connectivity index (χ2n) is 6.55. The van der Waals surface area contributed by atoms with Crippen LogP contribution in [0.25, 0.3) is 45.7 Å². The number of ether oxygens (including phenoxy) is 1. The van der Waals surface area contributed by atoms with Crippen LogP contribution in [0.15, 0.2) is 93.9 Å². The Kier molecular flexibility index (Phi) is 4.57. The maximum absolute atomic E-state index is 6.02. The van der Waals surface area contributed by atoms with Gasteiger partial charge in [-0.05, 0) is 24.3 Å². The quantitative estimate of drug-likeness (QED) is 0.378. The van der Waals surface area contributed by atoms with E-state index in [-0.39, 0.29) is 0 Å². The molecule has 0 fully saturated rings. The third-order valence-corrected chi connectivity index (χ3v) is 4.71. The van der Waals surface area contributed by atoms with E-state index in [1.165, 1.54) is 0 Å². The summed E-state index contributed by atoms with van der Waals surface area (Å²) < 4.78 is 17.4. The molecule has 0 radical (unpaired) electrons. The van der Waals surface area contributed by atoms with Crippen LogP contribution < -0.4 is 4.74 Å². The molecule has 0 saturated heterocycles. The number of oxazole rings is 1. The fourth-order valence-corrected chi connectivity index (χ4v) is 3.25. The average molecular weight is 395 g/mol. The van der Waals surface area contributed by atoms with Crippen LogP contribution in [-0.4, -0.2) is 22.3 Å². The lowest BCUT2D eigenvalue weighted by atomic mass is 10.1. The Morgan fingerprint density at radius 2 is 1.23 bits per heavy atom. The van der Waals surface area contributed by atoms with Crippen LogP contribution in [0.4, 0.5) is 0 Å². The van der Waals surface area contributed by atoms with Gasteiger partial charge in [0, 0.05) is 11.1 Å². The molecule has 0 N–H and O–H groups in total. The van der Waals surface area contributed by atoms with Gasteiger partial charge in [0.2, 0.25) is 11.8 Å². The zero-order valence-electron chi connectivity index (χ0n) is 16.1. The molecule has 0 aliphatic heterocycles. The van der Waals surface area contributed by atoms with Gasteiger partial charge in [-0.1, -0.05) is 54.6 Å². The number of para-hydroxylation sites is 1. The molecule has 0 amide bonds. The van der Waals surface area contributed by atoms with Crippen molar-refractivity contribution in [2.75, 3.05) is 7.11 Å². The monoisotopic (exact) mass is 395 g/mol. The number of hydrogen-bond acceptors (Lipinski definition) is 6. The molecule has 6 nitrogen and oxygen atoms in total. The highest BCUT2D eigenvalue weighted by molar-refractivity contribution is 5.77. The minimum atomic E-state index is 0.381. The highest BCUT2D eigenvalue weighted by Gasteiger charge is 2.19. The van der Waals surface area contributed by atoms with Gasteiger partial charge < -0.3 is 13.6 Å². The van der Waals surface area contributed by atoms with Crippen LogP contribution in [-0.2, 0) is 0 Å². The first-order chi connectivity index (χ1) is 14.8. The summed E-state index contributed by atoms with van der Waals surface area (Å²) in [6.07, 6.45) is 1.72. The van der Waals surface area contributed by atoms with E-state index in [1.54, 1.807) is 13.3 Å². The van der Waals surface area contributed by atoms with Crippen LogP contribution in [0.3, 0.4) is 0 Å². The normalized spacial score (nSPS) is 10.8. The van der Waals surface area contributed by atoms with Gasteiger partial charge >= 0.3 is 0 Å². The summed E-state index contributed by atoms with van der Waals surface area (Å²) in [5.41, 5.74) is 3.21. The average Bonchev–Trinajstić information content (AvgIpc) is 3.50. The smallest absolute Gasteiger partial charge is 0.251 e. The van der Waals surface area contributed by atoms with E-state index in [2.05, 4.69) is 15.2 Å². The molecule has 0 saturated carbocycles. The molecular weight excluding hydrogens is 378 g/mol. The number of nitrogens with zero attached hydrogens (tertiary/aromatic N) is 3. The van der Waals surface area contributed by atoms with E-state index < -0.39 is 0 Å². The highest BCUT2D eigenvalue weighted by Crippen LogP contribution is 2.35. The number of rotatable bonds is 5. The molecule has 0 unspecified atom stereocenters. The summed E-state index contributed by atoms with van der Waals surface area (Å²) >= 11 is 0. The molecule has 0 bridgehead atoms. The molecule has 146 valence electrons. The molecule has 0 atom stereocenters. The molecule has 2 heterocycles. The molecule has 3 aromatic carbocycles. The van der Waals surface area contributed by atoms with E-state index in [0.29, 0.717) is 29.2 Å². The van der Waals surface area contributed by atoms with Crippen molar-refractivity contribution in [3.63, 3.8) is 0 Å². The first-order valence-corrected chi connectivity index (χ1v) is 9.41. The molecule has 2 aromatic heterocycles. The van der Waals surface area contributed by atoms with Gasteiger partial charge in [-0.15, -0.1) is 10.2 Å². The molecule has 5 rings (SSSR count). The fourth-order valence-electron chi connectivity index (χ4n) is 3.25. The number of methoxy groups -OCH3 is 1. The van der Waals surface area contributed by atoms with E-state index >= 15 is 0 Å². The zero-order valence-corrected chi connectivity index (χ0v) is 16.1. The van der Waals surface area contributed by atoms with Gasteiger partial charge in [0.1, 0.15) is 5.75 Å². The number of benzene rings is 3. The third kappa shape index (κ3) is 3.24. The molecule has 5 aromatic rings. The Morgan fingerprint density at radius 3 is 1.97 bits per heavy atom. The van der Waals surface area contributed by atoms with Crippen LogP contribution in [0.5, 0.6) is 5.75 Å². The van der Waals surface area contributed by atoms with Crippen molar-refractivity contribution < 1.29 is 13.6 Å². The van der Waals surface area contributed by atoms with E-state index in [0.717, 1.165) is 22.3 Å². The van der Waals surface area contributed by atoms with Crippen molar-refractivity contribution in [2.45, 2.75) is 0 Å². The summed E-state index contributed by atoms with van der Waals surface area (Å²) in [4.78, 5) is 4.46. The topological polar surface area (TPSA) is 74.2 Å². The lowest BCUT2D eigenvalue weighted by Gasteiger charge is -2.04. The van der Waals surface area contributed by atoms with Crippen molar-refractivity contribution >= 4 is 0 Å². The summed E-state index contributed by atoms with van der Waals surface area (Å²) in [6.45, 7) is 0. The van der Waals surface area contributed by atoms with Crippen molar-refractivity contribution in [2.24, 2.45) is 0 Å². The second-order valence-corrected chi connectivity index (χ2v) is 6.55. The van der Waals surface area contributed by atoms with Crippen LogP contribution in [0, 0.1) is 0 Å². The molecule has 0 aliphatic rings. The minimum Gasteiger partial charge on any atom is -0.496 e. The van der Waals surface area contributed by atoms with Crippen molar-refractivity contribution in [3.05, 3.63) is 85.1 Å². The summed E-state index contributed by atoms with van der Waals surface area (Å²) in [6, 6.07) is 25.0. The highest BCUT2D eigenvalue weighted by atomic mass is 16.5. The largest absolute Gasteiger partial charge is 0.496 e. The van der Waals surface area contributed by atoms with E-state index in [4.69, 9.17) is 13.6 Å². The van der Waals surface area contributed by atoms with Crippen LogP contribution in [0.2, 0.25) is 0 Å². The van der Waals surface area contributed by atoms with Gasteiger partial charge in [-0.25, -0.2) is 4.98 Å². The van der Waals surface area contributed by atoms with Gasteiger partial charge in [-0.3, -0.25) is 0 Å². The number of hydrogen-bond donors (Lipinski definition) is 0. The Hall–Kier alpha value is -4.19. The van der Waals surface area contributed by atoms with Crippen molar-refractivity contribution in [3.8, 4) is 51.4 Å². The Balaban J connectivity index is 1.54. The SMILES string of the molecule is COc1ccccc1-c1nnc(-c2ccccc2-c2ncc(-c3ccccc3)o2)o1. The van der Waals surface area contributed by atoms with Crippen molar-refractivity contribution in [1.82, 2.24) is 15.2 Å². The van der Waals surface area contributed by atoms with Gasteiger partial charge in [0.25, 0.3) is 5.89 Å². The maximum atomic E-state index is 6.02. The summed E-state index contributed by atoms with van der Waals surface area (Å²) in [5.74, 6) is 2.61. The zero-order chi connectivity index (χ0) is 20.3. The van der Waals surface area contributed by atoms with Crippen LogP contribution >= 0.6 is 0 Å². The maximum Gasteiger partial charge on any atom is 0.251 e. The minimum absolute atomic E-state index is 0.381. The lowest BCUT2D eigenvalue weighted by molar-refractivity contribution is 0.414. The predicted molar refractivity (Wildman–Crippen MR) is 113 cm³/mol. The van der Waals surface area contributed by atoms with Crippen LogP contribution in [0.1, 0.15) is 0 Å². The molecule has 30 heavy (non-hydrogen) atoms. The molecule has 6 heteroatoms. The van der Waals surface area contributed by atoms with Gasteiger partial charge in [0.15, 0.2) is 5.76 Å². The number of aromatic nitrogens is 3. The summed E-state index contributed by atoms with van der Waals surface area (Å²) in [5, 5.41) is 8.46. The molecular formula is C24H17N3O3.